The average molecular weight is 274 g/mol. The molecule has 2 heterocycles. The van der Waals surface area contributed by atoms with Gasteiger partial charge in [0, 0.05) is 17.9 Å². The lowest BCUT2D eigenvalue weighted by Crippen LogP contribution is -2.31. The molecule has 2 N–H and O–H groups in total. The van der Waals surface area contributed by atoms with E-state index in [0.29, 0.717) is 17.9 Å². The van der Waals surface area contributed by atoms with Crippen LogP contribution in [0, 0.1) is 0 Å². The number of unbranched alkanes of at least 4 members (excludes halogenated alkanes) is 1. The van der Waals surface area contributed by atoms with Gasteiger partial charge in [-0.3, -0.25) is 0 Å². The molecular weight excluding hydrogens is 248 g/mol. The predicted octanol–water partition coefficient (Wildman–Crippen LogP) is 2.58. The molecule has 18 heavy (non-hydrogen) atoms. The number of hydrogen-bond acceptors (Lipinski definition) is 3. The number of hydrogen-bond donors (Lipinski definition) is 2. The second-order valence-electron chi connectivity index (χ2n) is 4.17. The van der Waals surface area contributed by atoms with Crippen molar-refractivity contribution in [2.24, 2.45) is 0 Å². The number of rotatable bonds is 3. The number of Topliss-reactive ketones (excluding diaryl/α,β-unsaturated/α-hetero) is 1. The Balaban J connectivity index is 0.000000292. The van der Waals surface area contributed by atoms with Crippen molar-refractivity contribution in [3.63, 3.8) is 0 Å². The fourth-order valence-corrected chi connectivity index (χ4v) is 2.92. The average Bonchev–Trinajstić information content (AvgIpc) is 2.90. The highest BCUT2D eigenvalue weighted by Crippen LogP contribution is 2.20. The van der Waals surface area contributed by atoms with Gasteiger partial charge in [0.2, 0.25) is 0 Å². The topological polar surface area (TPSA) is 58.2 Å². The fourth-order valence-electron chi connectivity index (χ4n) is 1.64. The molecule has 2 aliphatic rings. The quantitative estimate of drug-likeness (QED) is 0.778. The van der Waals surface area contributed by atoms with Gasteiger partial charge < -0.3 is 15.4 Å². The van der Waals surface area contributed by atoms with Gasteiger partial charge in [-0.05, 0) is 13.3 Å². The van der Waals surface area contributed by atoms with Gasteiger partial charge in [0.1, 0.15) is 5.78 Å². The monoisotopic (exact) mass is 274 g/mol. The normalized spacial score (nSPS) is 23.7. The summed E-state index contributed by atoms with van der Waals surface area (Å²) in [5.74, 6) is 2.45. The van der Waals surface area contributed by atoms with Gasteiger partial charge in [-0.2, -0.15) is 11.8 Å². The molecule has 0 aliphatic carbocycles. The van der Waals surface area contributed by atoms with E-state index in [9.17, 15) is 9.59 Å². The van der Waals surface area contributed by atoms with Crippen LogP contribution in [0.2, 0.25) is 0 Å². The van der Waals surface area contributed by atoms with E-state index in [1.165, 1.54) is 0 Å². The smallest absolute Gasteiger partial charge is 0.315 e. The van der Waals surface area contributed by atoms with Crippen molar-refractivity contribution >= 4 is 23.6 Å². The van der Waals surface area contributed by atoms with Crippen molar-refractivity contribution < 1.29 is 9.59 Å². The van der Waals surface area contributed by atoms with E-state index in [0.717, 1.165) is 30.8 Å². The van der Waals surface area contributed by atoms with Crippen molar-refractivity contribution in [1.82, 2.24) is 10.6 Å². The van der Waals surface area contributed by atoms with Crippen molar-refractivity contribution in [1.29, 1.82) is 0 Å². The number of fused-ring (bicyclic) bond motifs is 1. The number of carbonyl (C=O) groups excluding carboxylic acids is 2. The van der Waals surface area contributed by atoms with Gasteiger partial charge in [0.25, 0.3) is 0 Å². The maximum atomic E-state index is 10.6. The van der Waals surface area contributed by atoms with Gasteiger partial charge >= 0.3 is 6.03 Å². The fraction of sp³-hybridized carbons (Fsp3) is 0.846. The van der Waals surface area contributed by atoms with E-state index < -0.39 is 0 Å². The molecule has 0 saturated carbocycles. The minimum Gasteiger partial charge on any atom is -0.332 e. The van der Waals surface area contributed by atoms with Crippen LogP contribution in [-0.2, 0) is 4.79 Å². The molecule has 0 bridgehead atoms. The first kappa shape index (κ1) is 17.3. The molecule has 4 nitrogen and oxygen atoms in total. The lowest BCUT2D eigenvalue weighted by Gasteiger charge is -2.02. The predicted molar refractivity (Wildman–Crippen MR) is 78.1 cm³/mol. The van der Waals surface area contributed by atoms with Gasteiger partial charge in [-0.1, -0.05) is 27.2 Å². The minimum absolute atomic E-state index is 0.00491. The summed E-state index contributed by atoms with van der Waals surface area (Å²) in [6.45, 7) is 7.72. The van der Waals surface area contributed by atoms with Crippen LogP contribution in [0.4, 0.5) is 4.79 Å². The van der Waals surface area contributed by atoms with Crippen LogP contribution >= 0.6 is 11.8 Å². The summed E-state index contributed by atoms with van der Waals surface area (Å²) < 4.78 is 0. The van der Waals surface area contributed by atoms with Crippen molar-refractivity contribution in [3.05, 3.63) is 0 Å². The highest BCUT2D eigenvalue weighted by Gasteiger charge is 2.35. The van der Waals surface area contributed by atoms with Crippen LogP contribution in [-0.4, -0.2) is 35.4 Å². The molecular formula is C13H26N2O2S. The number of nitrogens with one attached hydrogen (secondary N) is 2. The molecule has 2 aliphatic heterocycles. The Kier molecular flexibility index (Phi) is 9.83. The van der Waals surface area contributed by atoms with Crippen LogP contribution in [0.5, 0.6) is 0 Å². The number of thioether (sulfide) groups is 1. The van der Waals surface area contributed by atoms with Crippen LogP contribution in [0.3, 0.4) is 0 Å². The van der Waals surface area contributed by atoms with Crippen LogP contribution < -0.4 is 10.6 Å². The summed E-state index contributed by atoms with van der Waals surface area (Å²) in [6, 6.07) is 0.815. The first-order chi connectivity index (χ1) is 8.63. The lowest BCUT2D eigenvalue weighted by atomic mass is 10.2. The minimum atomic E-state index is 0.00491. The van der Waals surface area contributed by atoms with Crippen LogP contribution in [0.1, 0.15) is 47.0 Å². The highest BCUT2D eigenvalue weighted by atomic mass is 32.2. The second kappa shape index (κ2) is 10.2. The summed E-state index contributed by atoms with van der Waals surface area (Å²) in [7, 11) is 0. The zero-order valence-electron chi connectivity index (χ0n) is 11.9. The van der Waals surface area contributed by atoms with Gasteiger partial charge in [0.15, 0.2) is 0 Å². The lowest BCUT2D eigenvalue weighted by molar-refractivity contribution is -0.117. The summed E-state index contributed by atoms with van der Waals surface area (Å²) in [6.07, 6.45) is 2.94. The molecule has 2 rings (SSSR count). The number of ketones is 1. The molecule has 2 amide bonds. The molecule has 0 spiro atoms. The Morgan fingerprint density at radius 1 is 1.28 bits per heavy atom. The van der Waals surface area contributed by atoms with Gasteiger partial charge in [-0.15, -0.1) is 0 Å². The van der Waals surface area contributed by atoms with Crippen LogP contribution in [0.25, 0.3) is 0 Å². The summed E-state index contributed by atoms with van der Waals surface area (Å²) in [4.78, 5) is 20.8. The molecule has 2 saturated heterocycles. The first-order valence-electron chi connectivity index (χ1n) is 6.77. The zero-order chi connectivity index (χ0) is 14.0. The third kappa shape index (κ3) is 6.89. The van der Waals surface area contributed by atoms with Crippen molar-refractivity contribution in [2.75, 3.05) is 11.5 Å². The molecule has 1 unspecified atom stereocenters. The third-order valence-electron chi connectivity index (χ3n) is 2.60. The van der Waals surface area contributed by atoms with Crippen LogP contribution in [0.15, 0.2) is 0 Å². The maximum Gasteiger partial charge on any atom is 0.315 e. The molecule has 0 radical (unpaired) electrons. The van der Waals surface area contributed by atoms with E-state index in [1.54, 1.807) is 6.92 Å². The largest absolute Gasteiger partial charge is 0.332 e. The Morgan fingerprint density at radius 2 is 1.78 bits per heavy atom. The number of amides is 2. The molecule has 106 valence electrons. The zero-order valence-corrected chi connectivity index (χ0v) is 12.7. The Morgan fingerprint density at radius 3 is 2.11 bits per heavy atom. The summed E-state index contributed by atoms with van der Waals surface area (Å²) in [5, 5.41) is 5.69. The van der Waals surface area contributed by atoms with Crippen molar-refractivity contribution in [2.45, 2.75) is 59.0 Å². The molecule has 0 aromatic heterocycles. The Labute approximate surface area is 115 Å². The molecule has 0 aromatic carbocycles. The van der Waals surface area contributed by atoms with E-state index >= 15 is 0 Å². The third-order valence-corrected chi connectivity index (χ3v) is 3.79. The Bertz CT molecular complexity index is 245. The summed E-state index contributed by atoms with van der Waals surface area (Å²) >= 11 is 1.89. The molecule has 0 aromatic rings. The van der Waals surface area contributed by atoms with E-state index in [2.05, 4.69) is 17.6 Å². The number of carbonyl (C=O) groups is 2. The van der Waals surface area contributed by atoms with Crippen molar-refractivity contribution in [3.8, 4) is 0 Å². The summed E-state index contributed by atoms with van der Waals surface area (Å²) in [5.41, 5.74) is 0. The molecule has 2 fully saturated rings. The first-order valence-corrected chi connectivity index (χ1v) is 7.93. The SMILES string of the molecule is CC.CCCCC(C)=O.O=C1NC2CSC[C@H]2N1. The van der Waals surface area contributed by atoms with Gasteiger partial charge in [0.05, 0.1) is 12.1 Å². The van der Waals surface area contributed by atoms with E-state index in [1.807, 2.05) is 25.6 Å². The van der Waals surface area contributed by atoms with Gasteiger partial charge in [-0.25, -0.2) is 4.79 Å². The van der Waals surface area contributed by atoms with E-state index in [4.69, 9.17) is 0 Å². The van der Waals surface area contributed by atoms with E-state index in [-0.39, 0.29) is 6.03 Å². The molecule has 2 atom stereocenters. The standard InChI is InChI=1S/C6H12O.C5H8N2OS.C2H6/c1-3-4-5-6(2)7;8-5-6-3-1-9-2-4(3)7-5;1-2/h3-5H2,1-2H3;3-4H,1-2H2,(H2,6,7,8);1-2H3/t;3-,4?;/m.1./s1. The number of urea groups is 1. The molecule has 5 heteroatoms. The Hall–Kier alpha value is -0.710. The maximum absolute atomic E-state index is 10.6. The highest BCUT2D eigenvalue weighted by molar-refractivity contribution is 7.99. The second-order valence-corrected chi connectivity index (χ2v) is 5.25.